The van der Waals surface area contributed by atoms with Crippen molar-refractivity contribution >= 4 is 0 Å². The van der Waals surface area contributed by atoms with Gasteiger partial charge < -0.3 is 15.2 Å². The van der Waals surface area contributed by atoms with Crippen LogP contribution in [-0.2, 0) is 0 Å². The third kappa shape index (κ3) is 3.72. The summed E-state index contributed by atoms with van der Waals surface area (Å²) in [6.07, 6.45) is 4.23. The Hall–Kier alpha value is -1.57. The standard InChI is InChI=1S/C16H22N2O2/c1-2-16(7-4-8-16)18-11-14(19)12-20-15-6-3-5-13(9-15)10-17/h3,5-6,9,14,18-19H,2,4,7-8,11-12H2,1H3. The van der Waals surface area contributed by atoms with Gasteiger partial charge in [-0.25, -0.2) is 0 Å². The smallest absolute Gasteiger partial charge is 0.120 e. The lowest BCUT2D eigenvalue weighted by Crippen LogP contribution is -2.53. The molecule has 2 N–H and O–H groups in total. The van der Waals surface area contributed by atoms with Crippen LogP contribution in [-0.4, -0.2) is 29.9 Å². The van der Waals surface area contributed by atoms with E-state index < -0.39 is 6.10 Å². The van der Waals surface area contributed by atoms with E-state index in [4.69, 9.17) is 10.00 Å². The van der Waals surface area contributed by atoms with E-state index in [1.807, 2.05) is 0 Å². The summed E-state index contributed by atoms with van der Waals surface area (Å²) < 4.78 is 5.52. The summed E-state index contributed by atoms with van der Waals surface area (Å²) in [4.78, 5) is 0. The second-order valence-electron chi connectivity index (χ2n) is 5.47. The lowest BCUT2D eigenvalue weighted by atomic mass is 9.75. The van der Waals surface area contributed by atoms with Gasteiger partial charge in [0.1, 0.15) is 18.5 Å². The van der Waals surface area contributed by atoms with Crippen LogP contribution in [0.15, 0.2) is 24.3 Å². The van der Waals surface area contributed by atoms with Crippen LogP contribution in [0.25, 0.3) is 0 Å². The molecule has 4 heteroatoms. The molecule has 1 fully saturated rings. The highest BCUT2D eigenvalue weighted by Gasteiger charge is 2.34. The van der Waals surface area contributed by atoms with Gasteiger partial charge in [0.25, 0.3) is 0 Å². The Morgan fingerprint density at radius 1 is 1.50 bits per heavy atom. The summed E-state index contributed by atoms with van der Waals surface area (Å²) in [5.41, 5.74) is 0.802. The van der Waals surface area contributed by atoms with E-state index >= 15 is 0 Å². The number of hydrogen-bond acceptors (Lipinski definition) is 4. The normalized spacial score (nSPS) is 17.9. The first-order valence-corrected chi connectivity index (χ1v) is 7.23. The Bertz CT molecular complexity index is 472. The number of ether oxygens (including phenoxy) is 1. The molecule has 4 nitrogen and oxygen atoms in total. The molecule has 0 heterocycles. The van der Waals surface area contributed by atoms with E-state index in [1.165, 1.54) is 19.3 Å². The third-order valence-electron chi connectivity index (χ3n) is 4.11. The van der Waals surface area contributed by atoms with Crippen LogP contribution in [0, 0.1) is 11.3 Å². The van der Waals surface area contributed by atoms with E-state index in [2.05, 4.69) is 18.3 Å². The van der Waals surface area contributed by atoms with Crippen molar-refractivity contribution in [3.8, 4) is 11.8 Å². The number of β-amino-alcohol motifs (C(OH)–C–C–N with tert-alkyl or cyclic N) is 1. The van der Waals surface area contributed by atoms with Gasteiger partial charge in [0.05, 0.1) is 11.6 Å². The van der Waals surface area contributed by atoms with Gasteiger partial charge in [-0.05, 0) is 43.9 Å². The predicted octanol–water partition coefficient (Wildman–Crippen LogP) is 2.22. The minimum absolute atomic E-state index is 0.238. The maximum Gasteiger partial charge on any atom is 0.120 e. The zero-order valence-electron chi connectivity index (χ0n) is 11.9. The molecular weight excluding hydrogens is 252 g/mol. The second kappa shape index (κ2) is 6.74. The fraction of sp³-hybridized carbons (Fsp3) is 0.562. The zero-order chi connectivity index (χ0) is 14.4. The number of hydrogen-bond donors (Lipinski definition) is 2. The lowest BCUT2D eigenvalue weighted by molar-refractivity contribution is 0.0811. The summed E-state index contributed by atoms with van der Waals surface area (Å²) in [7, 11) is 0. The molecule has 0 bridgehead atoms. The average Bonchev–Trinajstić information content (AvgIpc) is 2.44. The largest absolute Gasteiger partial charge is 0.491 e. The zero-order valence-corrected chi connectivity index (χ0v) is 11.9. The number of aliphatic hydroxyl groups is 1. The fourth-order valence-corrected chi connectivity index (χ4v) is 2.50. The Kier molecular flexibility index (Phi) is 4.99. The van der Waals surface area contributed by atoms with Gasteiger partial charge >= 0.3 is 0 Å². The molecule has 0 aliphatic heterocycles. The molecule has 2 rings (SSSR count). The van der Waals surface area contributed by atoms with Gasteiger partial charge in [-0.3, -0.25) is 0 Å². The van der Waals surface area contributed by atoms with Crippen LogP contribution in [0.4, 0.5) is 0 Å². The molecule has 1 aromatic carbocycles. The monoisotopic (exact) mass is 274 g/mol. The highest BCUT2D eigenvalue weighted by molar-refractivity contribution is 5.36. The van der Waals surface area contributed by atoms with Gasteiger partial charge in [-0.1, -0.05) is 13.0 Å². The Balaban J connectivity index is 1.74. The molecule has 0 aromatic heterocycles. The number of nitrogens with zero attached hydrogens (tertiary/aromatic N) is 1. The van der Waals surface area contributed by atoms with E-state index in [0.29, 0.717) is 17.9 Å². The highest BCUT2D eigenvalue weighted by Crippen LogP contribution is 2.34. The van der Waals surface area contributed by atoms with Crippen LogP contribution in [0.5, 0.6) is 5.75 Å². The van der Waals surface area contributed by atoms with Gasteiger partial charge in [0, 0.05) is 12.1 Å². The van der Waals surface area contributed by atoms with Crippen LogP contribution in [0.2, 0.25) is 0 Å². The maximum atomic E-state index is 9.96. The first kappa shape index (κ1) is 14.8. The van der Waals surface area contributed by atoms with Gasteiger partial charge in [0.2, 0.25) is 0 Å². The molecule has 1 aliphatic rings. The molecule has 1 aliphatic carbocycles. The van der Waals surface area contributed by atoms with Crippen molar-refractivity contribution in [2.75, 3.05) is 13.2 Å². The van der Waals surface area contributed by atoms with Crippen molar-refractivity contribution in [3.05, 3.63) is 29.8 Å². The number of aliphatic hydroxyl groups excluding tert-OH is 1. The number of benzene rings is 1. The Morgan fingerprint density at radius 2 is 2.30 bits per heavy atom. The molecule has 0 radical (unpaired) electrons. The third-order valence-corrected chi connectivity index (χ3v) is 4.11. The molecular formula is C16H22N2O2. The quantitative estimate of drug-likeness (QED) is 0.800. The SMILES string of the molecule is CCC1(NCC(O)COc2cccc(C#N)c2)CCC1. The molecule has 0 saturated heterocycles. The number of nitrogens with one attached hydrogen (secondary N) is 1. The molecule has 1 saturated carbocycles. The van der Waals surface area contributed by atoms with Crippen molar-refractivity contribution in [1.29, 1.82) is 5.26 Å². The Morgan fingerprint density at radius 3 is 2.90 bits per heavy atom. The van der Waals surface area contributed by atoms with Gasteiger partial charge in [-0.2, -0.15) is 5.26 Å². The van der Waals surface area contributed by atoms with Crippen LogP contribution >= 0.6 is 0 Å². The van der Waals surface area contributed by atoms with Gasteiger partial charge in [-0.15, -0.1) is 0 Å². The predicted molar refractivity (Wildman–Crippen MR) is 77.5 cm³/mol. The summed E-state index contributed by atoms with van der Waals surface area (Å²) in [5, 5.41) is 22.2. The molecule has 0 amide bonds. The van der Waals surface area contributed by atoms with Crippen LogP contribution in [0.1, 0.15) is 38.2 Å². The van der Waals surface area contributed by atoms with Crippen LogP contribution in [0.3, 0.4) is 0 Å². The van der Waals surface area contributed by atoms with E-state index in [9.17, 15) is 5.11 Å². The number of nitriles is 1. The second-order valence-corrected chi connectivity index (χ2v) is 5.47. The first-order chi connectivity index (χ1) is 9.67. The minimum atomic E-state index is -0.537. The number of rotatable bonds is 7. The summed E-state index contributed by atoms with van der Waals surface area (Å²) in [6.45, 7) is 2.97. The molecule has 108 valence electrons. The lowest BCUT2D eigenvalue weighted by Gasteiger charge is -2.42. The first-order valence-electron chi connectivity index (χ1n) is 7.23. The molecule has 0 spiro atoms. The van der Waals surface area contributed by atoms with Crippen LogP contribution < -0.4 is 10.1 Å². The summed E-state index contributed by atoms with van der Waals surface area (Å²) in [6, 6.07) is 9.05. The van der Waals surface area contributed by atoms with Gasteiger partial charge in [0.15, 0.2) is 0 Å². The Labute approximate surface area is 120 Å². The highest BCUT2D eigenvalue weighted by atomic mass is 16.5. The summed E-state index contributed by atoms with van der Waals surface area (Å²) in [5.74, 6) is 0.622. The topological polar surface area (TPSA) is 65.3 Å². The summed E-state index contributed by atoms with van der Waals surface area (Å²) >= 11 is 0. The minimum Gasteiger partial charge on any atom is -0.491 e. The van der Waals surface area contributed by atoms with Crippen molar-refractivity contribution < 1.29 is 9.84 Å². The molecule has 1 aromatic rings. The van der Waals surface area contributed by atoms with E-state index in [-0.39, 0.29) is 12.1 Å². The van der Waals surface area contributed by atoms with Crippen molar-refractivity contribution in [2.45, 2.75) is 44.2 Å². The molecule has 1 atom stereocenters. The fourth-order valence-electron chi connectivity index (χ4n) is 2.50. The van der Waals surface area contributed by atoms with Crippen molar-refractivity contribution in [2.24, 2.45) is 0 Å². The molecule has 20 heavy (non-hydrogen) atoms. The van der Waals surface area contributed by atoms with Crippen molar-refractivity contribution in [3.63, 3.8) is 0 Å². The van der Waals surface area contributed by atoms with Crippen molar-refractivity contribution in [1.82, 2.24) is 5.32 Å². The average molecular weight is 274 g/mol. The maximum absolute atomic E-state index is 9.96. The van der Waals surface area contributed by atoms with E-state index in [1.54, 1.807) is 24.3 Å². The molecule has 1 unspecified atom stereocenters. The van der Waals surface area contributed by atoms with E-state index in [0.717, 1.165) is 6.42 Å².